The lowest BCUT2D eigenvalue weighted by Gasteiger charge is -2.28. The van der Waals surface area contributed by atoms with Crippen molar-refractivity contribution in [1.82, 2.24) is 0 Å². The Kier molecular flexibility index (Phi) is 6.48. The van der Waals surface area contributed by atoms with Crippen LogP contribution in [0, 0.1) is 17.3 Å². The van der Waals surface area contributed by atoms with Gasteiger partial charge in [0.1, 0.15) is 0 Å². The van der Waals surface area contributed by atoms with Gasteiger partial charge in [-0.1, -0.05) is 60.8 Å². The molecule has 0 aliphatic carbocycles. The van der Waals surface area contributed by atoms with Crippen molar-refractivity contribution in [1.29, 1.82) is 0 Å². The Morgan fingerprint density at radius 1 is 1.00 bits per heavy atom. The van der Waals surface area contributed by atoms with Crippen molar-refractivity contribution >= 4 is 0 Å². The Balaban J connectivity index is 3.79. The highest BCUT2D eigenvalue weighted by Crippen LogP contribution is 2.32. The van der Waals surface area contributed by atoms with Gasteiger partial charge < -0.3 is 0 Å². The zero-order valence-electron chi connectivity index (χ0n) is 11.2. The van der Waals surface area contributed by atoms with E-state index >= 15 is 0 Å². The molecular formula is C14H30. The van der Waals surface area contributed by atoms with Crippen LogP contribution in [0.15, 0.2) is 0 Å². The van der Waals surface area contributed by atoms with Crippen molar-refractivity contribution in [3.8, 4) is 0 Å². The summed E-state index contributed by atoms with van der Waals surface area (Å²) in [6.45, 7) is 14.2. The lowest BCUT2D eigenvalue weighted by Crippen LogP contribution is -2.16. The van der Waals surface area contributed by atoms with Crippen LogP contribution in [-0.4, -0.2) is 0 Å². The topological polar surface area (TPSA) is 0 Å². The summed E-state index contributed by atoms with van der Waals surface area (Å²) in [5.74, 6) is 1.81. The zero-order chi connectivity index (χ0) is 11.2. The molecule has 86 valence electrons. The predicted molar refractivity (Wildman–Crippen MR) is 66.5 cm³/mol. The second-order valence-corrected chi connectivity index (χ2v) is 5.96. The smallest absolute Gasteiger partial charge is 0.0354 e. The van der Waals surface area contributed by atoms with Crippen LogP contribution in [0.25, 0.3) is 0 Å². The van der Waals surface area contributed by atoms with E-state index in [0.29, 0.717) is 5.41 Å². The van der Waals surface area contributed by atoms with Gasteiger partial charge in [0.25, 0.3) is 0 Å². The van der Waals surface area contributed by atoms with Crippen molar-refractivity contribution in [2.45, 2.75) is 73.6 Å². The molecule has 0 amide bonds. The third-order valence-electron chi connectivity index (χ3n) is 3.44. The maximum atomic E-state index is 2.42. The molecule has 0 heteroatoms. The molecule has 0 rings (SSSR count). The van der Waals surface area contributed by atoms with Gasteiger partial charge in [-0.3, -0.25) is 0 Å². The van der Waals surface area contributed by atoms with Crippen LogP contribution in [0.4, 0.5) is 0 Å². The standard InChI is InChI=1S/C14H30/c1-7-9-12(3)10-13(4)11-14(5,6)8-2/h12-13H,7-11H2,1-6H3. The van der Waals surface area contributed by atoms with Gasteiger partial charge in [0.15, 0.2) is 0 Å². The van der Waals surface area contributed by atoms with Crippen LogP contribution in [0.3, 0.4) is 0 Å². The quantitative estimate of drug-likeness (QED) is 0.522. The summed E-state index contributed by atoms with van der Waals surface area (Å²) in [7, 11) is 0. The summed E-state index contributed by atoms with van der Waals surface area (Å²) in [4.78, 5) is 0. The van der Waals surface area contributed by atoms with Gasteiger partial charge in [-0.2, -0.15) is 0 Å². The highest BCUT2D eigenvalue weighted by molar-refractivity contribution is 4.71. The minimum atomic E-state index is 0.547. The molecule has 0 aliphatic rings. The number of hydrogen-bond donors (Lipinski definition) is 0. The molecule has 0 radical (unpaired) electrons. The molecule has 0 saturated heterocycles. The molecule has 0 nitrogen and oxygen atoms in total. The van der Waals surface area contributed by atoms with E-state index in [-0.39, 0.29) is 0 Å². The van der Waals surface area contributed by atoms with E-state index in [2.05, 4.69) is 41.5 Å². The van der Waals surface area contributed by atoms with Crippen molar-refractivity contribution in [3.05, 3.63) is 0 Å². The molecule has 2 atom stereocenters. The van der Waals surface area contributed by atoms with Crippen molar-refractivity contribution < 1.29 is 0 Å². The molecule has 0 aromatic heterocycles. The first-order valence-corrected chi connectivity index (χ1v) is 6.41. The molecule has 0 aromatic rings. The highest BCUT2D eigenvalue weighted by atomic mass is 14.2. The lowest BCUT2D eigenvalue weighted by molar-refractivity contribution is 0.239. The van der Waals surface area contributed by atoms with Gasteiger partial charge >= 0.3 is 0 Å². The van der Waals surface area contributed by atoms with Crippen LogP contribution < -0.4 is 0 Å². The van der Waals surface area contributed by atoms with Crippen LogP contribution in [-0.2, 0) is 0 Å². The number of hydrogen-bond acceptors (Lipinski definition) is 0. The fourth-order valence-electron chi connectivity index (χ4n) is 2.47. The second kappa shape index (κ2) is 6.48. The van der Waals surface area contributed by atoms with Crippen molar-refractivity contribution in [3.63, 3.8) is 0 Å². The summed E-state index contributed by atoms with van der Waals surface area (Å²) < 4.78 is 0. The minimum Gasteiger partial charge on any atom is -0.0654 e. The Labute approximate surface area is 91.5 Å². The summed E-state index contributed by atoms with van der Waals surface area (Å²) in [5.41, 5.74) is 0.547. The third kappa shape index (κ3) is 6.45. The SMILES string of the molecule is CCCC(C)CC(C)CC(C)(C)CC. The first-order valence-electron chi connectivity index (χ1n) is 6.41. The largest absolute Gasteiger partial charge is 0.0654 e. The molecule has 0 heterocycles. The van der Waals surface area contributed by atoms with Crippen LogP contribution in [0.1, 0.15) is 73.6 Å². The fraction of sp³-hybridized carbons (Fsp3) is 1.00. The Bertz CT molecular complexity index is 135. The van der Waals surface area contributed by atoms with Gasteiger partial charge in [0, 0.05) is 0 Å². The minimum absolute atomic E-state index is 0.547. The average Bonchev–Trinajstić information content (AvgIpc) is 2.03. The summed E-state index contributed by atoms with van der Waals surface area (Å²) in [6, 6.07) is 0. The summed E-state index contributed by atoms with van der Waals surface area (Å²) >= 11 is 0. The van der Waals surface area contributed by atoms with Crippen molar-refractivity contribution in [2.24, 2.45) is 17.3 Å². The average molecular weight is 198 g/mol. The predicted octanol–water partition coefficient (Wildman–Crippen LogP) is 5.28. The van der Waals surface area contributed by atoms with E-state index in [1.54, 1.807) is 0 Å². The van der Waals surface area contributed by atoms with Crippen LogP contribution >= 0.6 is 0 Å². The van der Waals surface area contributed by atoms with Gasteiger partial charge in [-0.15, -0.1) is 0 Å². The summed E-state index contributed by atoms with van der Waals surface area (Å²) in [6.07, 6.45) is 6.84. The van der Waals surface area contributed by atoms with E-state index in [9.17, 15) is 0 Å². The van der Waals surface area contributed by atoms with Crippen LogP contribution in [0.5, 0.6) is 0 Å². The molecule has 2 unspecified atom stereocenters. The normalized spacial score (nSPS) is 16.7. The molecule has 0 bridgehead atoms. The van der Waals surface area contributed by atoms with E-state index in [4.69, 9.17) is 0 Å². The first-order chi connectivity index (χ1) is 6.41. The van der Waals surface area contributed by atoms with E-state index < -0.39 is 0 Å². The van der Waals surface area contributed by atoms with E-state index in [1.165, 1.54) is 32.1 Å². The fourth-order valence-corrected chi connectivity index (χ4v) is 2.47. The van der Waals surface area contributed by atoms with Crippen LogP contribution in [0.2, 0.25) is 0 Å². The molecule has 0 aliphatic heterocycles. The summed E-state index contributed by atoms with van der Waals surface area (Å²) in [5, 5.41) is 0. The van der Waals surface area contributed by atoms with E-state index in [0.717, 1.165) is 11.8 Å². The maximum absolute atomic E-state index is 2.42. The van der Waals surface area contributed by atoms with Gasteiger partial charge in [-0.25, -0.2) is 0 Å². The molecule has 0 aromatic carbocycles. The van der Waals surface area contributed by atoms with E-state index in [1.807, 2.05) is 0 Å². The van der Waals surface area contributed by atoms with Gasteiger partial charge in [0.2, 0.25) is 0 Å². The number of rotatable bonds is 7. The molecule has 0 saturated carbocycles. The lowest BCUT2D eigenvalue weighted by atomic mass is 9.78. The van der Waals surface area contributed by atoms with Gasteiger partial charge in [0.05, 0.1) is 0 Å². The maximum Gasteiger partial charge on any atom is -0.0354 e. The molecule has 14 heavy (non-hydrogen) atoms. The highest BCUT2D eigenvalue weighted by Gasteiger charge is 2.19. The third-order valence-corrected chi connectivity index (χ3v) is 3.44. The first kappa shape index (κ1) is 14.0. The molecule has 0 spiro atoms. The monoisotopic (exact) mass is 198 g/mol. The Hall–Kier alpha value is 0. The Morgan fingerprint density at radius 2 is 1.57 bits per heavy atom. The van der Waals surface area contributed by atoms with Gasteiger partial charge in [-0.05, 0) is 30.1 Å². The van der Waals surface area contributed by atoms with Crippen molar-refractivity contribution in [2.75, 3.05) is 0 Å². The second-order valence-electron chi connectivity index (χ2n) is 5.96. The molecule has 0 fully saturated rings. The molecule has 0 N–H and O–H groups in total. The Morgan fingerprint density at radius 3 is 2.00 bits per heavy atom. The zero-order valence-corrected chi connectivity index (χ0v) is 11.2. The molecular weight excluding hydrogens is 168 g/mol.